The maximum absolute atomic E-state index is 13.0. The Labute approximate surface area is 96.2 Å². The van der Waals surface area contributed by atoms with Gasteiger partial charge in [-0.3, -0.25) is 0 Å². The van der Waals surface area contributed by atoms with E-state index in [4.69, 9.17) is 11.6 Å². The van der Waals surface area contributed by atoms with Gasteiger partial charge in [-0.2, -0.15) is 4.68 Å². The molecule has 1 aromatic carbocycles. The van der Waals surface area contributed by atoms with E-state index in [1.54, 1.807) is 13.1 Å². The van der Waals surface area contributed by atoms with Crippen LogP contribution in [0.5, 0.6) is 0 Å². The van der Waals surface area contributed by atoms with Gasteiger partial charge in [-0.15, -0.1) is 5.10 Å². The Balaban J connectivity index is 2.42. The summed E-state index contributed by atoms with van der Waals surface area (Å²) in [5.41, 5.74) is 0.627. The molecule has 1 heterocycles. The fraction of sp³-hybridized carbons (Fsp3) is 0.222. The molecular formula is C9H9ClFN5. The third-order valence-corrected chi connectivity index (χ3v) is 2.31. The van der Waals surface area contributed by atoms with Crippen LogP contribution in [-0.4, -0.2) is 27.3 Å². The van der Waals surface area contributed by atoms with Gasteiger partial charge in [0.25, 0.3) is 0 Å². The SMILES string of the molecule is CNCc1nnnn1-c1ccc(F)c(Cl)c1. The molecule has 16 heavy (non-hydrogen) atoms. The third-order valence-electron chi connectivity index (χ3n) is 2.02. The van der Waals surface area contributed by atoms with E-state index in [0.29, 0.717) is 18.1 Å². The monoisotopic (exact) mass is 241 g/mol. The molecule has 1 aromatic heterocycles. The number of nitrogens with one attached hydrogen (secondary N) is 1. The van der Waals surface area contributed by atoms with Gasteiger partial charge in [-0.25, -0.2) is 4.39 Å². The van der Waals surface area contributed by atoms with Gasteiger partial charge in [0.15, 0.2) is 5.82 Å². The fourth-order valence-corrected chi connectivity index (χ4v) is 1.47. The number of hydrogen-bond acceptors (Lipinski definition) is 4. The zero-order valence-corrected chi connectivity index (χ0v) is 9.24. The number of aromatic nitrogens is 4. The Morgan fingerprint density at radius 1 is 1.50 bits per heavy atom. The smallest absolute Gasteiger partial charge is 0.170 e. The van der Waals surface area contributed by atoms with Crippen molar-refractivity contribution >= 4 is 11.6 Å². The van der Waals surface area contributed by atoms with Crippen LogP contribution in [0.1, 0.15) is 5.82 Å². The van der Waals surface area contributed by atoms with Crippen LogP contribution in [0.25, 0.3) is 5.69 Å². The van der Waals surface area contributed by atoms with Gasteiger partial charge < -0.3 is 5.32 Å². The molecule has 7 heteroatoms. The van der Waals surface area contributed by atoms with Crippen molar-refractivity contribution in [3.8, 4) is 5.69 Å². The lowest BCUT2D eigenvalue weighted by Gasteiger charge is -2.04. The zero-order chi connectivity index (χ0) is 11.5. The quantitative estimate of drug-likeness (QED) is 0.877. The Morgan fingerprint density at radius 3 is 3.00 bits per heavy atom. The van der Waals surface area contributed by atoms with Crippen LogP contribution in [0.4, 0.5) is 4.39 Å². The van der Waals surface area contributed by atoms with Gasteiger partial charge in [0.2, 0.25) is 0 Å². The summed E-state index contributed by atoms with van der Waals surface area (Å²) in [4.78, 5) is 0. The predicted octanol–water partition coefficient (Wildman–Crippen LogP) is 1.17. The highest BCUT2D eigenvalue weighted by atomic mass is 35.5. The molecule has 84 valence electrons. The van der Waals surface area contributed by atoms with Crippen LogP contribution in [-0.2, 0) is 6.54 Å². The lowest BCUT2D eigenvalue weighted by Crippen LogP contribution is -2.12. The Kier molecular flexibility index (Phi) is 3.12. The Morgan fingerprint density at radius 2 is 2.31 bits per heavy atom. The topological polar surface area (TPSA) is 55.6 Å². The molecule has 0 spiro atoms. The summed E-state index contributed by atoms with van der Waals surface area (Å²) >= 11 is 5.69. The van der Waals surface area contributed by atoms with Crippen molar-refractivity contribution < 1.29 is 4.39 Å². The molecule has 0 unspecified atom stereocenters. The summed E-state index contributed by atoms with van der Waals surface area (Å²) in [6, 6.07) is 4.33. The van der Waals surface area contributed by atoms with E-state index in [9.17, 15) is 4.39 Å². The van der Waals surface area contributed by atoms with Crippen molar-refractivity contribution in [1.82, 2.24) is 25.5 Å². The highest BCUT2D eigenvalue weighted by Crippen LogP contribution is 2.18. The first-order valence-electron chi connectivity index (χ1n) is 4.59. The van der Waals surface area contributed by atoms with E-state index < -0.39 is 5.82 Å². The van der Waals surface area contributed by atoms with Crippen LogP contribution < -0.4 is 5.32 Å². The minimum absolute atomic E-state index is 0.0448. The largest absolute Gasteiger partial charge is 0.313 e. The molecular weight excluding hydrogens is 233 g/mol. The number of benzene rings is 1. The molecule has 2 aromatic rings. The van der Waals surface area contributed by atoms with Gasteiger partial charge in [0.1, 0.15) is 5.82 Å². The van der Waals surface area contributed by atoms with Gasteiger partial charge in [-0.05, 0) is 35.7 Å². The Hall–Kier alpha value is -1.53. The number of rotatable bonds is 3. The molecule has 0 saturated carbocycles. The lowest BCUT2D eigenvalue weighted by molar-refractivity contribution is 0.626. The van der Waals surface area contributed by atoms with Crippen molar-refractivity contribution in [2.75, 3.05) is 7.05 Å². The summed E-state index contributed by atoms with van der Waals surface area (Å²) in [5.74, 6) is 0.166. The molecule has 2 rings (SSSR count). The maximum Gasteiger partial charge on any atom is 0.170 e. The number of halogens is 2. The van der Waals surface area contributed by atoms with Gasteiger partial charge in [-0.1, -0.05) is 11.6 Å². The van der Waals surface area contributed by atoms with Crippen molar-refractivity contribution in [3.05, 3.63) is 34.9 Å². The molecule has 0 saturated heterocycles. The molecule has 0 aliphatic carbocycles. The van der Waals surface area contributed by atoms with E-state index in [0.717, 1.165) is 0 Å². The van der Waals surface area contributed by atoms with Gasteiger partial charge in [0.05, 0.1) is 17.3 Å². The number of hydrogen-bond donors (Lipinski definition) is 1. The van der Waals surface area contributed by atoms with Crippen LogP contribution in [0.15, 0.2) is 18.2 Å². The highest BCUT2D eigenvalue weighted by Gasteiger charge is 2.09. The van der Waals surface area contributed by atoms with Gasteiger partial charge in [0, 0.05) is 0 Å². The lowest BCUT2D eigenvalue weighted by atomic mass is 10.3. The van der Waals surface area contributed by atoms with E-state index in [-0.39, 0.29) is 5.02 Å². The first-order valence-corrected chi connectivity index (χ1v) is 4.97. The van der Waals surface area contributed by atoms with E-state index in [1.165, 1.54) is 16.8 Å². The standard InChI is InChI=1S/C9H9ClFN5/c1-12-5-9-13-14-15-16(9)6-2-3-8(11)7(10)4-6/h2-4,12H,5H2,1H3. The normalized spacial score (nSPS) is 10.7. The highest BCUT2D eigenvalue weighted by molar-refractivity contribution is 6.30. The van der Waals surface area contributed by atoms with Gasteiger partial charge >= 0.3 is 0 Å². The van der Waals surface area contributed by atoms with E-state index >= 15 is 0 Å². The second-order valence-electron chi connectivity index (χ2n) is 3.14. The summed E-state index contributed by atoms with van der Waals surface area (Å²) in [6.45, 7) is 0.516. The maximum atomic E-state index is 13.0. The summed E-state index contributed by atoms with van der Waals surface area (Å²) in [5, 5.41) is 14.2. The fourth-order valence-electron chi connectivity index (χ4n) is 1.29. The minimum Gasteiger partial charge on any atom is -0.313 e. The molecule has 0 fully saturated rings. The summed E-state index contributed by atoms with van der Waals surface area (Å²) in [7, 11) is 1.79. The average Bonchev–Trinajstić information content (AvgIpc) is 2.71. The number of nitrogens with zero attached hydrogens (tertiary/aromatic N) is 4. The average molecular weight is 242 g/mol. The second-order valence-corrected chi connectivity index (χ2v) is 3.54. The molecule has 1 N–H and O–H groups in total. The summed E-state index contributed by atoms with van der Waals surface area (Å²) < 4.78 is 14.5. The third kappa shape index (κ3) is 2.02. The molecule has 0 bridgehead atoms. The molecule has 0 aliphatic rings. The molecule has 0 amide bonds. The second kappa shape index (κ2) is 4.54. The van der Waals surface area contributed by atoms with Crippen LogP contribution in [0, 0.1) is 5.82 Å². The van der Waals surface area contributed by atoms with Crippen molar-refractivity contribution in [2.45, 2.75) is 6.54 Å². The predicted molar refractivity (Wildman–Crippen MR) is 56.9 cm³/mol. The number of tetrazole rings is 1. The van der Waals surface area contributed by atoms with E-state index in [1.807, 2.05) is 0 Å². The summed E-state index contributed by atoms with van der Waals surface area (Å²) in [6.07, 6.45) is 0. The first kappa shape index (κ1) is 11.0. The molecule has 0 aliphatic heterocycles. The van der Waals surface area contributed by atoms with E-state index in [2.05, 4.69) is 20.8 Å². The van der Waals surface area contributed by atoms with Crippen molar-refractivity contribution in [1.29, 1.82) is 0 Å². The zero-order valence-electron chi connectivity index (χ0n) is 8.48. The first-order chi connectivity index (χ1) is 7.72. The molecule has 5 nitrogen and oxygen atoms in total. The minimum atomic E-state index is -0.464. The van der Waals surface area contributed by atoms with Crippen LogP contribution in [0.3, 0.4) is 0 Å². The molecule has 0 atom stereocenters. The van der Waals surface area contributed by atoms with Crippen LogP contribution >= 0.6 is 11.6 Å². The van der Waals surface area contributed by atoms with Crippen molar-refractivity contribution in [3.63, 3.8) is 0 Å². The van der Waals surface area contributed by atoms with Crippen molar-refractivity contribution in [2.24, 2.45) is 0 Å². The molecule has 0 radical (unpaired) electrons. The van der Waals surface area contributed by atoms with Crippen LogP contribution in [0.2, 0.25) is 5.02 Å². The Bertz CT molecular complexity index is 498.